The zero-order valence-corrected chi connectivity index (χ0v) is 12.5. The molecule has 0 amide bonds. The minimum absolute atomic E-state index is 0.162. The molecule has 0 aliphatic carbocycles. The maximum Gasteiger partial charge on any atom is 0.304 e. The molecular weight excluding hydrogens is 254 g/mol. The highest BCUT2D eigenvalue weighted by molar-refractivity contribution is 5.67. The van der Waals surface area contributed by atoms with Gasteiger partial charge in [0.15, 0.2) is 0 Å². The van der Waals surface area contributed by atoms with Crippen molar-refractivity contribution in [2.75, 3.05) is 6.54 Å². The number of piperidine rings is 1. The van der Waals surface area contributed by atoms with Crippen LogP contribution in [0.1, 0.15) is 57.7 Å². The van der Waals surface area contributed by atoms with E-state index < -0.39 is 5.97 Å². The lowest BCUT2D eigenvalue weighted by Crippen LogP contribution is -2.40. The Bertz CT molecular complexity index is 444. The van der Waals surface area contributed by atoms with Crippen molar-refractivity contribution in [1.29, 1.82) is 0 Å². The average Bonchev–Trinajstić information content (AvgIpc) is 2.88. The molecular formula is C15H25N3O2. The van der Waals surface area contributed by atoms with Crippen LogP contribution in [0.15, 0.2) is 12.3 Å². The van der Waals surface area contributed by atoms with Crippen LogP contribution in [-0.2, 0) is 11.3 Å². The molecule has 5 heteroatoms. The summed E-state index contributed by atoms with van der Waals surface area (Å²) in [5, 5.41) is 13.6. The Morgan fingerprint density at radius 3 is 3.05 bits per heavy atom. The number of aromatic nitrogens is 2. The molecule has 1 fully saturated rings. The Labute approximate surface area is 120 Å². The number of carboxylic acid groups (broad SMARTS) is 1. The molecule has 20 heavy (non-hydrogen) atoms. The Morgan fingerprint density at radius 1 is 1.55 bits per heavy atom. The average molecular weight is 279 g/mol. The van der Waals surface area contributed by atoms with Crippen molar-refractivity contribution in [2.24, 2.45) is 0 Å². The SMILES string of the molecule is CCC(C)n1ccc(CN2CCCCC2CC(=O)O)n1. The molecule has 2 heterocycles. The molecule has 1 aliphatic rings. The number of carboxylic acids is 1. The Morgan fingerprint density at radius 2 is 2.35 bits per heavy atom. The lowest BCUT2D eigenvalue weighted by atomic mass is 9.99. The highest BCUT2D eigenvalue weighted by Gasteiger charge is 2.25. The molecule has 0 radical (unpaired) electrons. The summed E-state index contributed by atoms with van der Waals surface area (Å²) in [6.07, 6.45) is 6.61. The minimum Gasteiger partial charge on any atom is -0.481 e. The molecule has 0 aromatic carbocycles. The fourth-order valence-corrected chi connectivity index (χ4v) is 2.80. The van der Waals surface area contributed by atoms with Gasteiger partial charge in [-0.15, -0.1) is 0 Å². The first-order chi connectivity index (χ1) is 9.60. The van der Waals surface area contributed by atoms with Gasteiger partial charge >= 0.3 is 5.97 Å². The van der Waals surface area contributed by atoms with E-state index in [0.29, 0.717) is 6.04 Å². The fraction of sp³-hybridized carbons (Fsp3) is 0.733. The summed E-state index contributed by atoms with van der Waals surface area (Å²) in [5.74, 6) is -0.702. The van der Waals surface area contributed by atoms with Gasteiger partial charge in [0.1, 0.15) is 0 Å². The molecule has 1 aliphatic heterocycles. The van der Waals surface area contributed by atoms with Gasteiger partial charge in [0.25, 0.3) is 0 Å². The second-order valence-electron chi connectivity index (χ2n) is 5.76. The van der Waals surface area contributed by atoms with Gasteiger partial charge < -0.3 is 5.11 Å². The van der Waals surface area contributed by atoms with Crippen LogP contribution in [0, 0.1) is 0 Å². The first kappa shape index (κ1) is 15.0. The van der Waals surface area contributed by atoms with Crippen molar-refractivity contribution < 1.29 is 9.90 Å². The lowest BCUT2D eigenvalue weighted by molar-refractivity contribution is -0.138. The number of carbonyl (C=O) groups is 1. The third-order valence-electron chi connectivity index (χ3n) is 4.23. The summed E-state index contributed by atoms with van der Waals surface area (Å²) >= 11 is 0. The summed E-state index contributed by atoms with van der Waals surface area (Å²) in [6, 6.07) is 2.63. The van der Waals surface area contributed by atoms with E-state index in [1.807, 2.05) is 10.9 Å². The van der Waals surface area contributed by atoms with Crippen LogP contribution in [0.5, 0.6) is 0 Å². The van der Waals surface area contributed by atoms with Gasteiger partial charge in [0.2, 0.25) is 0 Å². The third-order valence-corrected chi connectivity index (χ3v) is 4.23. The second kappa shape index (κ2) is 6.88. The van der Waals surface area contributed by atoms with E-state index in [1.165, 1.54) is 0 Å². The molecule has 1 saturated heterocycles. The molecule has 112 valence electrons. The van der Waals surface area contributed by atoms with Crippen LogP contribution in [-0.4, -0.2) is 38.3 Å². The largest absolute Gasteiger partial charge is 0.481 e. The van der Waals surface area contributed by atoms with Crippen molar-refractivity contribution in [3.8, 4) is 0 Å². The van der Waals surface area contributed by atoms with E-state index >= 15 is 0 Å². The van der Waals surface area contributed by atoms with Gasteiger partial charge in [-0.05, 0) is 38.8 Å². The number of rotatable bonds is 6. The zero-order valence-electron chi connectivity index (χ0n) is 12.5. The normalized spacial score (nSPS) is 21.8. The van der Waals surface area contributed by atoms with Crippen LogP contribution in [0.25, 0.3) is 0 Å². The van der Waals surface area contributed by atoms with E-state index in [1.54, 1.807) is 0 Å². The van der Waals surface area contributed by atoms with Crippen molar-refractivity contribution in [3.63, 3.8) is 0 Å². The molecule has 2 rings (SSSR count). The summed E-state index contributed by atoms with van der Waals surface area (Å²) in [5.41, 5.74) is 1.04. The van der Waals surface area contributed by atoms with Crippen molar-refractivity contribution in [1.82, 2.24) is 14.7 Å². The van der Waals surface area contributed by atoms with Crippen molar-refractivity contribution in [2.45, 2.75) is 64.6 Å². The van der Waals surface area contributed by atoms with Crippen LogP contribution in [0.2, 0.25) is 0 Å². The van der Waals surface area contributed by atoms with Crippen LogP contribution in [0.4, 0.5) is 0 Å². The monoisotopic (exact) mass is 279 g/mol. The standard InChI is InChI=1S/C15H25N3O2/c1-3-12(2)18-9-7-13(16-18)11-17-8-5-4-6-14(17)10-15(19)20/h7,9,12,14H,3-6,8,10-11H2,1-2H3,(H,19,20). The van der Waals surface area contributed by atoms with E-state index in [-0.39, 0.29) is 12.5 Å². The van der Waals surface area contributed by atoms with Gasteiger partial charge in [0.05, 0.1) is 12.1 Å². The van der Waals surface area contributed by atoms with Gasteiger partial charge in [-0.25, -0.2) is 0 Å². The number of aliphatic carboxylic acids is 1. The first-order valence-corrected chi connectivity index (χ1v) is 7.60. The molecule has 2 unspecified atom stereocenters. The summed E-state index contributed by atoms with van der Waals surface area (Å²) < 4.78 is 2.01. The van der Waals surface area contributed by atoms with Gasteiger partial charge in [-0.3, -0.25) is 14.4 Å². The predicted molar refractivity (Wildman–Crippen MR) is 77.5 cm³/mol. The molecule has 0 bridgehead atoms. The maximum absolute atomic E-state index is 11.0. The molecule has 0 spiro atoms. The third kappa shape index (κ3) is 3.82. The molecule has 1 aromatic rings. The quantitative estimate of drug-likeness (QED) is 0.869. The molecule has 1 aromatic heterocycles. The van der Waals surface area contributed by atoms with E-state index in [2.05, 4.69) is 29.9 Å². The fourth-order valence-electron chi connectivity index (χ4n) is 2.80. The summed E-state index contributed by atoms with van der Waals surface area (Å²) in [7, 11) is 0. The molecule has 2 atom stereocenters. The van der Waals surface area contributed by atoms with E-state index in [9.17, 15) is 4.79 Å². The highest BCUT2D eigenvalue weighted by Crippen LogP contribution is 2.22. The van der Waals surface area contributed by atoms with Crippen LogP contribution >= 0.6 is 0 Å². The van der Waals surface area contributed by atoms with Gasteiger partial charge in [0, 0.05) is 24.8 Å². The van der Waals surface area contributed by atoms with Gasteiger partial charge in [-0.1, -0.05) is 13.3 Å². The number of hydrogen-bond acceptors (Lipinski definition) is 3. The van der Waals surface area contributed by atoms with Crippen LogP contribution < -0.4 is 0 Å². The first-order valence-electron chi connectivity index (χ1n) is 7.60. The van der Waals surface area contributed by atoms with Crippen LogP contribution in [0.3, 0.4) is 0 Å². The topological polar surface area (TPSA) is 58.4 Å². The molecule has 1 N–H and O–H groups in total. The maximum atomic E-state index is 11.0. The predicted octanol–water partition coefficient (Wildman–Crippen LogP) is 2.68. The van der Waals surface area contributed by atoms with E-state index in [4.69, 9.17) is 5.11 Å². The molecule has 5 nitrogen and oxygen atoms in total. The Balaban J connectivity index is 1.99. The number of hydrogen-bond donors (Lipinski definition) is 1. The highest BCUT2D eigenvalue weighted by atomic mass is 16.4. The second-order valence-corrected chi connectivity index (χ2v) is 5.76. The number of likely N-dealkylation sites (tertiary alicyclic amines) is 1. The Hall–Kier alpha value is -1.36. The Kier molecular flexibility index (Phi) is 5.17. The zero-order chi connectivity index (χ0) is 14.5. The summed E-state index contributed by atoms with van der Waals surface area (Å²) in [4.78, 5) is 13.2. The van der Waals surface area contributed by atoms with Crippen molar-refractivity contribution in [3.05, 3.63) is 18.0 Å². The lowest BCUT2D eigenvalue weighted by Gasteiger charge is -2.34. The smallest absolute Gasteiger partial charge is 0.304 e. The van der Waals surface area contributed by atoms with E-state index in [0.717, 1.165) is 44.5 Å². The number of nitrogens with zero attached hydrogens (tertiary/aromatic N) is 3. The van der Waals surface area contributed by atoms with Crippen molar-refractivity contribution >= 4 is 5.97 Å². The summed E-state index contributed by atoms with van der Waals surface area (Å²) in [6.45, 7) is 6.06. The van der Waals surface area contributed by atoms with Gasteiger partial charge in [-0.2, -0.15) is 5.10 Å². The minimum atomic E-state index is -0.702. The molecule has 0 saturated carbocycles.